The fourth-order valence-corrected chi connectivity index (χ4v) is 9.17. The van der Waals surface area contributed by atoms with Crippen molar-refractivity contribution in [1.29, 1.82) is 0 Å². The van der Waals surface area contributed by atoms with Crippen molar-refractivity contribution >= 4 is 0 Å². The molecule has 0 fully saturated rings. The molecule has 1 aromatic heterocycles. The SMILES string of the molecule is c1ccc(-c2ccccc2-c2nc(-c3ccccc3-c3ccccc3)nc(-c3cccc4c3C3(c5ccccc5-c5ccccc53)c3ccccc3-4)n2)cc1. The Balaban J connectivity index is 1.24. The van der Waals surface area contributed by atoms with Gasteiger partial charge in [0, 0.05) is 16.7 Å². The number of aromatic nitrogens is 3. The third-order valence-electron chi connectivity index (χ3n) is 11.4. The lowest BCUT2D eigenvalue weighted by molar-refractivity contribution is 0.794. The maximum absolute atomic E-state index is 5.47. The van der Waals surface area contributed by atoms with Crippen LogP contribution in [-0.2, 0) is 5.41 Å². The summed E-state index contributed by atoms with van der Waals surface area (Å²) < 4.78 is 0. The van der Waals surface area contributed by atoms with Gasteiger partial charge >= 0.3 is 0 Å². The molecule has 0 atom stereocenters. The third kappa shape index (κ3) is 4.66. The molecule has 0 aliphatic heterocycles. The van der Waals surface area contributed by atoms with E-state index in [1.54, 1.807) is 0 Å². The summed E-state index contributed by atoms with van der Waals surface area (Å²) in [6, 6.07) is 71.3. The number of benzene rings is 8. The highest BCUT2D eigenvalue weighted by molar-refractivity contribution is 5.98. The van der Waals surface area contributed by atoms with Crippen molar-refractivity contribution in [3.05, 3.63) is 222 Å². The van der Waals surface area contributed by atoms with Crippen molar-refractivity contribution in [2.24, 2.45) is 0 Å². The van der Waals surface area contributed by atoms with Crippen LogP contribution in [0.1, 0.15) is 22.3 Å². The summed E-state index contributed by atoms with van der Waals surface area (Å²) in [4.78, 5) is 16.3. The largest absolute Gasteiger partial charge is 0.208 e. The number of hydrogen-bond acceptors (Lipinski definition) is 3. The van der Waals surface area contributed by atoms with Gasteiger partial charge in [0.1, 0.15) is 0 Å². The van der Waals surface area contributed by atoms with Crippen molar-refractivity contribution in [3.8, 4) is 78.7 Å². The summed E-state index contributed by atoms with van der Waals surface area (Å²) in [5, 5.41) is 0. The van der Waals surface area contributed by atoms with Crippen molar-refractivity contribution in [2.75, 3.05) is 0 Å². The average molecular weight is 700 g/mol. The van der Waals surface area contributed by atoms with Crippen molar-refractivity contribution < 1.29 is 0 Å². The number of nitrogens with zero attached hydrogens (tertiary/aromatic N) is 3. The molecule has 8 aromatic carbocycles. The summed E-state index contributed by atoms with van der Waals surface area (Å²) >= 11 is 0. The van der Waals surface area contributed by atoms with Gasteiger partial charge in [-0.05, 0) is 66.8 Å². The molecule has 0 amide bonds. The molecule has 2 aliphatic carbocycles. The van der Waals surface area contributed by atoms with E-state index in [0.717, 1.165) is 38.9 Å². The van der Waals surface area contributed by atoms with E-state index in [1.807, 2.05) is 0 Å². The van der Waals surface area contributed by atoms with E-state index in [9.17, 15) is 0 Å². The molecule has 3 heteroatoms. The van der Waals surface area contributed by atoms with Crippen LogP contribution in [0.3, 0.4) is 0 Å². The Morgan fingerprint density at radius 2 is 0.545 bits per heavy atom. The summed E-state index contributed by atoms with van der Waals surface area (Å²) in [5.74, 6) is 1.92. The van der Waals surface area contributed by atoms with Crippen LogP contribution in [0.5, 0.6) is 0 Å². The van der Waals surface area contributed by atoms with Gasteiger partial charge in [0.05, 0.1) is 5.41 Å². The first-order chi connectivity index (χ1) is 27.3. The minimum Gasteiger partial charge on any atom is -0.208 e. The summed E-state index contributed by atoms with van der Waals surface area (Å²) in [6.45, 7) is 0. The van der Waals surface area contributed by atoms with Gasteiger partial charge in [-0.25, -0.2) is 15.0 Å². The molecule has 9 aromatic rings. The van der Waals surface area contributed by atoms with Crippen LogP contribution in [0.4, 0.5) is 0 Å². The molecular weight excluding hydrogens is 667 g/mol. The maximum atomic E-state index is 5.47. The van der Waals surface area contributed by atoms with Gasteiger partial charge in [0.2, 0.25) is 0 Å². The molecular formula is C52H33N3. The van der Waals surface area contributed by atoms with Crippen LogP contribution in [0.15, 0.2) is 200 Å². The molecule has 11 rings (SSSR count). The average Bonchev–Trinajstić information content (AvgIpc) is 3.74. The predicted octanol–water partition coefficient (Wildman–Crippen LogP) is 12.6. The fourth-order valence-electron chi connectivity index (χ4n) is 9.17. The standard InChI is InChI=1S/C52H33N3/c1-3-18-34(19-4-1)36-22-7-9-27-42(36)49-53-50(43-28-10-8-23-37(43)35-20-5-2-6-21-35)55-51(54-49)44-30-17-29-41-40-26-13-16-33-47(40)52(48(41)44)45-31-14-11-24-38(45)39-25-12-15-32-46(39)52/h1-33H. The first kappa shape index (κ1) is 31.3. The number of rotatable bonds is 5. The monoisotopic (exact) mass is 699 g/mol. The molecule has 2 aliphatic rings. The smallest absolute Gasteiger partial charge is 0.164 e. The van der Waals surface area contributed by atoms with E-state index < -0.39 is 5.41 Å². The van der Waals surface area contributed by atoms with Gasteiger partial charge < -0.3 is 0 Å². The third-order valence-corrected chi connectivity index (χ3v) is 11.4. The van der Waals surface area contributed by atoms with Crippen LogP contribution < -0.4 is 0 Å². The second kappa shape index (κ2) is 12.4. The topological polar surface area (TPSA) is 38.7 Å². The normalized spacial score (nSPS) is 12.9. The van der Waals surface area contributed by atoms with Crippen molar-refractivity contribution in [3.63, 3.8) is 0 Å². The molecule has 0 saturated heterocycles. The van der Waals surface area contributed by atoms with E-state index >= 15 is 0 Å². The molecule has 0 N–H and O–H groups in total. The molecule has 55 heavy (non-hydrogen) atoms. The van der Waals surface area contributed by atoms with Gasteiger partial charge in [0.15, 0.2) is 17.5 Å². The Kier molecular flexibility index (Phi) is 7.08. The molecule has 0 bridgehead atoms. The summed E-state index contributed by atoms with van der Waals surface area (Å²) in [6.07, 6.45) is 0. The molecule has 0 radical (unpaired) electrons. The minimum atomic E-state index is -0.549. The first-order valence-corrected chi connectivity index (χ1v) is 18.8. The van der Waals surface area contributed by atoms with Gasteiger partial charge in [-0.15, -0.1) is 0 Å². The zero-order valence-electron chi connectivity index (χ0n) is 29.9. The van der Waals surface area contributed by atoms with E-state index in [1.165, 1.54) is 44.5 Å². The lowest BCUT2D eigenvalue weighted by Gasteiger charge is -2.31. The Labute approximate surface area is 320 Å². The Morgan fingerprint density at radius 1 is 0.236 bits per heavy atom. The predicted molar refractivity (Wildman–Crippen MR) is 223 cm³/mol. The maximum Gasteiger partial charge on any atom is 0.164 e. The van der Waals surface area contributed by atoms with Gasteiger partial charge in [-0.3, -0.25) is 0 Å². The summed E-state index contributed by atoms with van der Waals surface area (Å²) in [7, 11) is 0. The van der Waals surface area contributed by atoms with Gasteiger partial charge in [0.25, 0.3) is 0 Å². The zero-order chi connectivity index (χ0) is 36.3. The highest BCUT2D eigenvalue weighted by atomic mass is 15.0. The minimum absolute atomic E-state index is 0.549. The quantitative estimate of drug-likeness (QED) is 0.179. The molecule has 256 valence electrons. The second-order valence-electron chi connectivity index (χ2n) is 14.2. The Bertz CT molecular complexity index is 2770. The van der Waals surface area contributed by atoms with E-state index in [-0.39, 0.29) is 0 Å². The van der Waals surface area contributed by atoms with Gasteiger partial charge in [-0.2, -0.15) is 0 Å². The van der Waals surface area contributed by atoms with E-state index in [4.69, 9.17) is 15.0 Å². The lowest BCUT2D eigenvalue weighted by Crippen LogP contribution is -2.26. The Hall–Kier alpha value is -7.23. The zero-order valence-corrected chi connectivity index (χ0v) is 29.9. The number of fused-ring (bicyclic) bond motifs is 10. The van der Waals surface area contributed by atoms with Crippen molar-refractivity contribution in [1.82, 2.24) is 15.0 Å². The van der Waals surface area contributed by atoms with Crippen LogP contribution in [0, 0.1) is 0 Å². The van der Waals surface area contributed by atoms with Crippen LogP contribution in [0.25, 0.3) is 78.7 Å². The molecule has 0 saturated carbocycles. The van der Waals surface area contributed by atoms with Crippen LogP contribution in [-0.4, -0.2) is 15.0 Å². The van der Waals surface area contributed by atoms with E-state index in [2.05, 4.69) is 200 Å². The van der Waals surface area contributed by atoms with Crippen LogP contribution in [0.2, 0.25) is 0 Å². The van der Waals surface area contributed by atoms with Crippen molar-refractivity contribution in [2.45, 2.75) is 5.41 Å². The molecule has 3 nitrogen and oxygen atoms in total. The molecule has 0 unspecified atom stereocenters. The highest BCUT2D eigenvalue weighted by Gasteiger charge is 2.52. The van der Waals surface area contributed by atoms with Crippen LogP contribution >= 0.6 is 0 Å². The summed E-state index contributed by atoms with van der Waals surface area (Å²) in [5.41, 5.74) is 16.8. The second-order valence-corrected chi connectivity index (χ2v) is 14.2. The number of hydrogen-bond donors (Lipinski definition) is 0. The fraction of sp³-hybridized carbons (Fsp3) is 0.0192. The first-order valence-electron chi connectivity index (χ1n) is 18.8. The Morgan fingerprint density at radius 3 is 1.00 bits per heavy atom. The molecule has 1 spiro atoms. The molecule has 1 heterocycles. The van der Waals surface area contributed by atoms with E-state index in [0.29, 0.717) is 17.5 Å². The van der Waals surface area contributed by atoms with Gasteiger partial charge in [-0.1, -0.05) is 200 Å². The lowest BCUT2D eigenvalue weighted by atomic mass is 9.69. The highest BCUT2D eigenvalue weighted by Crippen LogP contribution is 2.64.